The van der Waals surface area contributed by atoms with Gasteiger partial charge in [0.25, 0.3) is 11.6 Å². The third-order valence-corrected chi connectivity index (χ3v) is 5.00. The summed E-state index contributed by atoms with van der Waals surface area (Å²) in [5.41, 5.74) is 2.98. The molecule has 0 atom stereocenters. The predicted molar refractivity (Wildman–Crippen MR) is 113 cm³/mol. The van der Waals surface area contributed by atoms with Crippen LogP contribution in [0.2, 0.25) is 0 Å². The molecule has 0 saturated carbocycles. The van der Waals surface area contributed by atoms with E-state index < -0.39 is 4.92 Å². The van der Waals surface area contributed by atoms with E-state index in [4.69, 9.17) is 4.74 Å². The first-order chi connectivity index (χ1) is 13.9. The van der Waals surface area contributed by atoms with Gasteiger partial charge in [-0.05, 0) is 17.7 Å². The topological polar surface area (TPSA) is 79.2 Å². The maximum atomic E-state index is 13.2. The van der Waals surface area contributed by atoms with Crippen molar-refractivity contribution in [3.63, 3.8) is 0 Å². The van der Waals surface area contributed by atoms with E-state index >= 15 is 0 Å². The van der Waals surface area contributed by atoms with Crippen LogP contribution in [0.5, 0.6) is 0 Å². The number of hydrogen-bond acceptors (Lipinski definition) is 6. The molecule has 1 saturated heterocycles. The molecule has 2 aromatic rings. The number of nitro benzene ring substituents is 1. The summed E-state index contributed by atoms with van der Waals surface area (Å²) in [7, 11) is 5.34. The van der Waals surface area contributed by atoms with Crippen LogP contribution < -0.4 is 9.80 Å². The van der Waals surface area contributed by atoms with Crippen LogP contribution >= 0.6 is 0 Å². The number of benzene rings is 2. The molecule has 154 valence electrons. The van der Waals surface area contributed by atoms with Crippen molar-refractivity contribution in [1.29, 1.82) is 0 Å². The molecule has 0 N–H and O–H groups in total. The highest BCUT2D eigenvalue weighted by molar-refractivity contribution is 6.00. The number of para-hydroxylation sites is 1. The third kappa shape index (κ3) is 4.65. The van der Waals surface area contributed by atoms with Crippen molar-refractivity contribution in [2.75, 3.05) is 57.2 Å². The van der Waals surface area contributed by atoms with E-state index in [1.54, 1.807) is 22.9 Å². The van der Waals surface area contributed by atoms with Crippen LogP contribution in [-0.4, -0.2) is 63.2 Å². The lowest BCUT2D eigenvalue weighted by atomic mass is 10.1. The van der Waals surface area contributed by atoms with Gasteiger partial charge in [-0.2, -0.15) is 0 Å². The molecule has 0 aromatic heterocycles. The Hall–Kier alpha value is -3.13. The molecule has 0 spiro atoms. The van der Waals surface area contributed by atoms with Crippen molar-refractivity contribution in [3.8, 4) is 0 Å². The molecule has 1 aliphatic heterocycles. The zero-order valence-electron chi connectivity index (χ0n) is 17.0. The second kappa shape index (κ2) is 8.91. The maximum absolute atomic E-state index is 13.2. The normalized spacial score (nSPS) is 13.8. The van der Waals surface area contributed by atoms with Crippen LogP contribution in [0.15, 0.2) is 42.5 Å². The monoisotopic (exact) mass is 398 g/mol. The van der Waals surface area contributed by atoms with E-state index in [9.17, 15) is 14.9 Å². The fourth-order valence-electron chi connectivity index (χ4n) is 3.49. The zero-order valence-corrected chi connectivity index (χ0v) is 17.0. The number of carbonyl (C=O) groups excluding carboxylic acids is 1. The van der Waals surface area contributed by atoms with Gasteiger partial charge in [0.15, 0.2) is 0 Å². The Bertz CT molecular complexity index is 894. The quantitative estimate of drug-likeness (QED) is 0.550. The summed E-state index contributed by atoms with van der Waals surface area (Å²) in [4.78, 5) is 29.5. The van der Waals surface area contributed by atoms with Crippen LogP contribution in [0, 0.1) is 10.1 Å². The molecule has 0 bridgehead atoms. The van der Waals surface area contributed by atoms with Crippen LogP contribution in [0.1, 0.15) is 15.9 Å². The summed E-state index contributed by atoms with van der Waals surface area (Å²) in [5, 5.41) is 11.2. The van der Waals surface area contributed by atoms with Gasteiger partial charge in [0.2, 0.25) is 0 Å². The Balaban J connectivity index is 1.87. The van der Waals surface area contributed by atoms with E-state index in [1.807, 2.05) is 32.3 Å². The van der Waals surface area contributed by atoms with E-state index in [2.05, 4.69) is 11.0 Å². The maximum Gasteiger partial charge on any atom is 0.270 e. The molecule has 29 heavy (non-hydrogen) atoms. The molecular weight excluding hydrogens is 372 g/mol. The lowest BCUT2D eigenvalue weighted by molar-refractivity contribution is -0.384. The lowest BCUT2D eigenvalue weighted by Crippen LogP contribution is -2.37. The summed E-state index contributed by atoms with van der Waals surface area (Å²) in [5.74, 6) is -0.255. The molecule has 8 nitrogen and oxygen atoms in total. The highest BCUT2D eigenvalue weighted by Crippen LogP contribution is 2.27. The molecule has 3 rings (SSSR count). The highest BCUT2D eigenvalue weighted by atomic mass is 16.6. The van der Waals surface area contributed by atoms with Gasteiger partial charge in [0.1, 0.15) is 0 Å². The standard InChI is InChI=1S/C21H26N4O4/c1-22(2)20-9-8-17(25(27)28)14-18(20)21(26)23(3)15-16-6-4-5-7-19(16)24-10-12-29-13-11-24/h4-9,14H,10-13,15H2,1-3H3. The highest BCUT2D eigenvalue weighted by Gasteiger charge is 2.22. The van der Waals surface area contributed by atoms with Crippen LogP contribution in [0.3, 0.4) is 0 Å². The summed E-state index contributed by atoms with van der Waals surface area (Å²) in [6.07, 6.45) is 0. The summed E-state index contributed by atoms with van der Waals surface area (Å²) in [6.45, 7) is 3.39. The predicted octanol–water partition coefficient (Wildman–Crippen LogP) is 2.77. The van der Waals surface area contributed by atoms with Crippen molar-refractivity contribution >= 4 is 23.0 Å². The van der Waals surface area contributed by atoms with Crippen LogP contribution in [0.25, 0.3) is 0 Å². The largest absolute Gasteiger partial charge is 0.378 e. The van der Waals surface area contributed by atoms with Gasteiger partial charge in [-0.25, -0.2) is 0 Å². The molecule has 0 unspecified atom stereocenters. The molecule has 1 heterocycles. The summed E-state index contributed by atoms with van der Waals surface area (Å²) >= 11 is 0. The molecule has 1 aliphatic rings. The van der Waals surface area contributed by atoms with Gasteiger partial charge < -0.3 is 19.4 Å². The minimum absolute atomic E-state index is 0.0962. The Kier molecular flexibility index (Phi) is 6.33. The number of amides is 1. The number of nitrogens with zero attached hydrogens (tertiary/aromatic N) is 4. The fraction of sp³-hybridized carbons (Fsp3) is 0.381. The molecule has 0 aliphatic carbocycles. The number of anilines is 2. The van der Waals surface area contributed by atoms with Crippen LogP contribution in [0.4, 0.5) is 17.1 Å². The number of ether oxygens (including phenoxy) is 1. The van der Waals surface area contributed by atoms with Crippen molar-refractivity contribution in [2.45, 2.75) is 6.54 Å². The number of morpholine rings is 1. The molecule has 2 aromatic carbocycles. The van der Waals surface area contributed by atoms with E-state index in [0.29, 0.717) is 31.0 Å². The van der Waals surface area contributed by atoms with Crippen molar-refractivity contribution in [1.82, 2.24) is 4.90 Å². The summed E-state index contributed by atoms with van der Waals surface area (Å²) in [6, 6.07) is 12.4. The number of rotatable bonds is 6. The number of nitro groups is 1. The fourth-order valence-corrected chi connectivity index (χ4v) is 3.49. The molecule has 1 fully saturated rings. The Labute approximate surface area is 170 Å². The van der Waals surface area contributed by atoms with Crippen molar-refractivity contribution in [3.05, 3.63) is 63.7 Å². The van der Waals surface area contributed by atoms with Gasteiger partial charge in [-0.15, -0.1) is 0 Å². The van der Waals surface area contributed by atoms with E-state index in [0.717, 1.165) is 24.3 Å². The second-order valence-electron chi connectivity index (χ2n) is 7.24. The smallest absolute Gasteiger partial charge is 0.270 e. The Morgan fingerprint density at radius 2 is 1.83 bits per heavy atom. The minimum atomic E-state index is -0.482. The van der Waals surface area contributed by atoms with E-state index in [-0.39, 0.29) is 11.6 Å². The zero-order chi connectivity index (χ0) is 21.0. The second-order valence-corrected chi connectivity index (χ2v) is 7.24. The summed E-state index contributed by atoms with van der Waals surface area (Å²) < 4.78 is 5.44. The van der Waals surface area contributed by atoms with Gasteiger partial charge in [-0.1, -0.05) is 18.2 Å². The number of carbonyl (C=O) groups is 1. The molecule has 0 radical (unpaired) electrons. The minimum Gasteiger partial charge on any atom is -0.378 e. The Morgan fingerprint density at radius 3 is 2.48 bits per heavy atom. The first-order valence-corrected chi connectivity index (χ1v) is 9.50. The first kappa shape index (κ1) is 20.6. The van der Waals surface area contributed by atoms with Crippen molar-refractivity contribution in [2.24, 2.45) is 0 Å². The van der Waals surface area contributed by atoms with Gasteiger partial charge in [0, 0.05) is 64.3 Å². The Morgan fingerprint density at radius 1 is 1.14 bits per heavy atom. The number of hydrogen-bond donors (Lipinski definition) is 0. The molecular formula is C21H26N4O4. The van der Waals surface area contributed by atoms with E-state index in [1.165, 1.54) is 12.1 Å². The average molecular weight is 398 g/mol. The van der Waals surface area contributed by atoms with Gasteiger partial charge in [0.05, 0.1) is 23.7 Å². The SMILES string of the molecule is CN(Cc1ccccc1N1CCOCC1)C(=O)c1cc([N+](=O)[O-])ccc1N(C)C. The van der Waals surface area contributed by atoms with Gasteiger partial charge in [-0.3, -0.25) is 14.9 Å². The first-order valence-electron chi connectivity index (χ1n) is 9.50. The van der Waals surface area contributed by atoms with Gasteiger partial charge >= 0.3 is 0 Å². The third-order valence-electron chi connectivity index (χ3n) is 5.00. The van der Waals surface area contributed by atoms with Crippen molar-refractivity contribution < 1.29 is 14.5 Å². The molecule has 8 heteroatoms. The average Bonchev–Trinajstić information content (AvgIpc) is 2.73. The van der Waals surface area contributed by atoms with Crippen LogP contribution in [-0.2, 0) is 11.3 Å². The number of non-ortho nitro benzene ring substituents is 1. The molecule has 1 amide bonds. The lowest BCUT2D eigenvalue weighted by Gasteiger charge is -2.31.